The van der Waals surface area contributed by atoms with Crippen molar-refractivity contribution < 1.29 is 27.6 Å². The van der Waals surface area contributed by atoms with E-state index in [1.54, 1.807) is 0 Å². The van der Waals surface area contributed by atoms with Crippen LogP contribution in [0.25, 0.3) is 0 Å². The van der Waals surface area contributed by atoms with Gasteiger partial charge >= 0.3 is 5.97 Å². The topological polar surface area (TPSA) is 127 Å². The molecule has 116 valence electrons. The van der Waals surface area contributed by atoms with Gasteiger partial charge in [0, 0.05) is 18.7 Å². The Morgan fingerprint density at radius 2 is 2.14 bits per heavy atom. The fraction of sp³-hybridized carbons (Fsp3) is 0.364. The lowest BCUT2D eigenvalue weighted by Gasteiger charge is -2.09. The number of rotatable bonds is 7. The van der Waals surface area contributed by atoms with Crippen LogP contribution in [0.1, 0.15) is 13.3 Å². The lowest BCUT2D eigenvalue weighted by Crippen LogP contribution is -2.28. The predicted molar refractivity (Wildman–Crippen MR) is 69.7 cm³/mol. The molecule has 0 spiro atoms. The molecule has 1 atom stereocenters. The van der Waals surface area contributed by atoms with E-state index in [9.17, 15) is 27.7 Å². The molecule has 2 N–H and O–H groups in total. The van der Waals surface area contributed by atoms with Crippen LogP contribution in [0.4, 0.5) is 10.1 Å². The molecule has 1 aromatic rings. The minimum Gasteiger partial charge on any atom is -0.481 e. The van der Waals surface area contributed by atoms with Gasteiger partial charge in [0.25, 0.3) is 5.69 Å². The number of nitro benzene ring substituents is 1. The van der Waals surface area contributed by atoms with Crippen LogP contribution in [-0.4, -0.2) is 31.0 Å². The molecule has 1 rings (SSSR count). The van der Waals surface area contributed by atoms with E-state index in [4.69, 9.17) is 5.11 Å². The molecule has 0 aliphatic rings. The fourth-order valence-corrected chi connectivity index (χ4v) is 2.57. The maximum Gasteiger partial charge on any atom is 0.306 e. The normalized spacial score (nSPS) is 12.9. The summed E-state index contributed by atoms with van der Waals surface area (Å²) in [6.45, 7) is 1.17. The highest BCUT2D eigenvalue weighted by atomic mass is 32.2. The maximum atomic E-state index is 13.5. The molecule has 1 unspecified atom stereocenters. The average Bonchev–Trinajstić information content (AvgIpc) is 2.38. The second-order valence-electron chi connectivity index (χ2n) is 4.30. The van der Waals surface area contributed by atoms with Crippen molar-refractivity contribution in [3.05, 3.63) is 34.1 Å². The first-order valence-electron chi connectivity index (χ1n) is 5.81. The van der Waals surface area contributed by atoms with Crippen molar-refractivity contribution >= 4 is 21.7 Å². The molecule has 10 heteroatoms. The van der Waals surface area contributed by atoms with E-state index in [-0.39, 0.29) is 13.0 Å². The summed E-state index contributed by atoms with van der Waals surface area (Å²) >= 11 is 0. The van der Waals surface area contributed by atoms with Crippen LogP contribution < -0.4 is 4.72 Å². The lowest BCUT2D eigenvalue weighted by molar-refractivity contribution is -0.385. The zero-order valence-corrected chi connectivity index (χ0v) is 11.8. The number of hydrogen-bond acceptors (Lipinski definition) is 5. The Morgan fingerprint density at radius 3 is 2.67 bits per heavy atom. The minimum absolute atomic E-state index is 0.00507. The third kappa shape index (κ3) is 4.46. The van der Waals surface area contributed by atoms with Gasteiger partial charge in [-0.15, -0.1) is 0 Å². The number of nitrogens with one attached hydrogen (secondary N) is 1. The first-order valence-corrected chi connectivity index (χ1v) is 7.30. The molecular weight excluding hydrogens is 307 g/mol. The quantitative estimate of drug-likeness (QED) is 0.572. The van der Waals surface area contributed by atoms with Crippen molar-refractivity contribution in [3.63, 3.8) is 0 Å². The fourth-order valence-electron chi connectivity index (χ4n) is 1.42. The van der Waals surface area contributed by atoms with E-state index in [1.807, 2.05) is 4.72 Å². The van der Waals surface area contributed by atoms with Crippen LogP contribution in [-0.2, 0) is 14.8 Å². The number of nitro groups is 1. The van der Waals surface area contributed by atoms with Gasteiger partial charge in [0.1, 0.15) is 10.7 Å². The number of sulfonamides is 1. The van der Waals surface area contributed by atoms with Crippen LogP contribution in [0.15, 0.2) is 23.1 Å². The zero-order valence-electron chi connectivity index (χ0n) is 10.9. The molecule has 0 aromatic heterocycles. The molecule has 0 saturated carbocycles. The highest BCUT2D eigenvalue weighted by molar-refractivity contribution is 7.89. The molecule has 8 nitrogen and oxygen atoms in total. The van der Waals surface area contributed by atoms with Gasteiger partial charge in [0.15, 0.2) is 0 Å². The number of carbonyl (C=O) groups is 1. The molecule has 0 amide bonds. The number of halogens is 1. The summed E-state index contributed by atoms with van der Waals surface area (Å²) in [5, 5.41) is 19.2. The van der Waals surface area contributed by atoms with E-state index < -0.39 is 43.2 Å². The largest absolute Gasteiger partial charge is 0.481 e. The van der Waals surface area contributed by atoms with Crippen LogP contribution in [0, 0.1) is 21.8 Å². The Kier molecular flexibility index (Phi) is 5.33. The molecule has 0 bridgehead atoms. The van der Waals surface area contributed by atoms with E-state index in [0.29, 0.717) is 12.1 Å². The van der Waals surface area contributed by atoms with Gasteiger partial charge in [-0.2, -0.15) is 0 Å². The number of aliphatic carboxylic acids is 1. The van der Waals surface area contributed by atoms with Gasteiger partial charge in [-0.05, 0) is 12.5 Å². The van der Waals surface area contributed by atoms with Gasteiger partial charge in [-0.1, -0.05) is 6.92 Å². The Balaban J connectivity index is 2.90. The van der Waals surface area contributed by atoms with E-state index in [2.05, 4.69) is 0 Å². The standard InChI is InChI=1S/C11H13FN2O6S/c1-7(11(15)16)4-5-13-21(19,20)10-6-8(14(17)18)2-3-9(10)12/h2-3,6-7,13H,4-5H2,1H3,(H,15,16). The smallest absolute Gasteiger partial charge is 0.306 e. The van der Waals surface area contributed by atoms with Crippen molar-refractivity contribution in [2.75, 3.05) is 6.54 Å². The zero-order chi connectivity index (χ0) is 16.2. The Bertz CT molecular complexity index is 661. The van der Waals surface area contributed by atoms with Crippen molar-refractivity contribution in [2.45, 2.75) is 18.2 Å². The minimum atomic E-state index is -4.29. The van der Waals surface area contributed by atoms with Gasteiger partial charge < -0.3 is 5.11 Å². The predicted octanol–water partition coefficient (Wildman–Crippen LogP) is 1.12. The summed E-state index contributed by atoms with van der Waals surface area (Å²) in [6.07, 6.45) is 0.00507. The first kappa shape index (κ1) is 17.0. The van der Waals surface area contributed by atoms with Crippen molar-refractivity contribution in [1.29, 1.82) is 0 Å². The summed E-state index contributed by atoms with van der Waals surface area (Å²) in [6, 6.07) is 2.14. The van der Waals surface area contributed by atoms with Crippen LogP contribution >= 0.6 is 0 Å². The summed E-state index contributed by atoms with van der Waals surface area (Å²) in [4.78, 5) is 19.5. The Morgan fingerprint density at radius 1 is 1.52 bits per heavy atom. The van der Waals surface area contributed by atoms with Gasteiger partial charge in [-0.3, -0.25) is 14.9 Å². The van der Waals surface area contributed by atoms with E-state index >= 15 is 0 Å². The van der Waals surface area contributed by atoms with Gasteiger partial charge in [-0.25, -0.2) is 17.5 Å². The molecule has 0 aliphatic carbocycles. The average molecular weight is 320 g/mol. The summed E-state index contributed by atoms with van der Waals surface area (Å²) in [7, 11) is -4.29. The third-order valence-corrected chi connectivity index (χ3v) is 4.18. The maximum absolute atomic E-state index is 13.5. The molecule has 0 fully saturated rings. The number of carboxylic acid groups (broad SMARTS) is 1. The van der Waals surface area contributed by atoms with Crippen molar-refractivity contribution in [1.82, 2.24) is 4.72 Å². The highest BCUT2D eigenvalue weighted by Gasteiger charge is 2.23. The van der Waals surface area contributed by atoms with Crippen molar-refractivity contribution in [3.8, 4) is 0 Å². The summed E-state index contributed by atoms with van der Waals surface area (Å²) in [5.74, 6) is -2.99. The summed E-state index contributed by atoms with van der Waals surface area (Å²) < 4.78 is 39.2. The number of carboxylic acids is 1. The molecule has 21 heavy (non-hydrogen) atoms. The van der Waals surface area contributed by atoms with Crippen LogP contribution in [0.2, 0.25) is 0 Å². The summed E-state index contributed by atoms with van der Waals surface area (Å²) in [5.41, 5.74) is -0.560. The molecule has 1 aromatic carbocycles. The molecule has 0 radical (unpaired) electrons. The second kappa shape index (κ2) is 6.59. The Hall–Kier alpha value is -2.07. The lowest BCUT2D eigenvalue weighted by atomic mass is 10.1. The number of nitrogens with zero attached hydrogens (tertiary/aromatic N) is 1. The monoisotopic (exact) mass is 320 g/mol. The molecule has 0 heterocycles. The number of benzene rings is 1. The van der Waals surface area contributed by atoms with Crippen LogP contribution in [0.3, 0.4) is 0 Å². The van der Waals surface area contributed by atoms with Gasteiger partial charge in [0.2, 0.25) is 10.0 Å². The van der Waals surface area contributed by atoms with E-state index in [0.717, 1.165) is 6.07 Å². The van der Waals surface area contributed by atoms with Gasteiger partial charge in [0.05, 0.1) is 10.8 Å². The molecule has 0 aliphatic heterocycles. The SMILES string of the molecule is CC(CCNS(=O)(=O)c1cc([N+](=O)[O-])ccc1F)C(=O)O. The molecule has 0 saturated heterocycles. The molecular formula is C11H13FN2O6S. The second-order valence-corrected chi connectivity index (χ2v) is 6.03. The number of non-ortho nitro benzene ring substituents is 1. The van der Waals surface area contributed by atoms with E-state index in [1.165, 1.54) is 6.92 Å². The van der Waals surface area contributed by atoms with Crippen molar-refractivity contribution in [2.24, 2.45) is 5.92 Å². The first-order chi connectivity index (χ1) is 9.65. The highest BCUT2D eigenvalue weighted by Crippen LogP contribution is 2.21. The Labute approximate surface area is 119 Å². The third-order valence-electron chi connectivity index (χ3n) is 2.71. The number of hydrogen-bond donors (Lipinski definition) is 2. The van der Waals surface area contributed by atoms with Crippen LogP contribution in [0.5, 0.6) is 0 Å².